The lowest BCUT2D eigenvalue weighted by atomic mass is 10.0. The monoisotopic (exact) mass is 227 g/mol. The fourth-order valence-electron chi connectivity index (χ4n) is 0.969. The van der Waals surface area contributed by atoms with Gasteiger partial charge in [0.15, 0.2) is 0 Å². The highest BCUT2D eigenvalue weighted by Gasteiger charge is 2.02. The van der Waals surface area contributed by atoms with Crippen molar-refractivity contribution in [2.45, 2.75) is 13.8 Å². The van der Waals surface area contributed by atoms with E-state index in [0.29, 0.717) is 0 Å². The minimum absolute atomic E-state index is 0.889. The first-order valence-corrected chi connectivity index (χ1v) is 4.58. The van der Waals surface area contributed by atoms with Crippen LogP contribution in [0.4, 0.5) is 0 Å². The molecule has 0 saturated carbocycles. The van der Waals surface area contributed by atoms with Crippen molar-refractivity contribution in [1.29, 1.82) is 0 Å². The van der Waals surface area contributed by atoms with Crippen LogP contribution in [0.3, 0.4) is 0 Å². The van der Waals surface area contributed by atoms with Crippen molar-refractivity contribution >= 4 is 15.9 Å². The molecule has 0 saturated heterocycles. The van der Waals surface area contributed by atoms with Crippen LogP contribution >= 0.6 is 15.9 Å². The molecule has 0 aromatic heterocycles. The molecule has 0 bridgehead atoms. The van der Waals surface area contributed by atoms with Gasteiger partial charge < -0.3 is 4.74 Å². The Morgan fingerprint density at radius 1 is 1.25 bits per heavy atom. The van der Waals surface area contributed by atoms with E-state index in [1.807, 2.05) is 12.1 Å². The number of methoxy groups -OCH3 is 1. The minimum atomic E-state index is 0.889. The van der Waals surface area contributed by atoms with Crippen molar-refractivity contribution in [3.63, 3.8) is 0 Å². The van der Waals surface area contributed by atoms with Gasteiger partial charge in [0.2, 0.25) is 0 Å². The summed E-state index contributed by atoms with van der Waals surface area (Å²) in [6, 6.07) is 6.06. The van der Waals surface area contributed by atoms with E-state index >= 15 is 0 Å². The van der Waals surface area contributed by atoms with Gasteiger partial charge in [-0.15, -0.1) is 0 Å². The van der Waals surface area contributed by atoms with E-state index < -0.39 is 0 Å². The highest BCUT2D eigenvalue weighted by Crippen LogP contribution is 2.25. The summed E-state index contributed by atoms with van der Waals surface area (Å²) in [5.41, 5.74) is 1.21. The molecule has 0 fully saturated rings. The van der Waals surface area contributed by atoms with Crippen LogP contribution in [0.25, 0.3) is 0 Å². The van der Waals surface area contributed by atoms with E-state index in [0.717, 1.165) is 10.2 Å². The fraction of sp³-hybridized carbons (Fsp3) is 0.300. The summed E-state index contributed by atoms with van der Waals surface area (Å²) < 4.78 is 6.20. The molecule has 0 amide bonds. The summed E-state index contributed by atoms with van der Waals surface area (Å²) in [5, 5.41) is 0. The van der Waals surface area contributed by atoms with Gasteiger partial charge in [0.05, 0.1) is 7.11 Å². The Morgan fingerprint density at radius 3 is 2.42 bits per heavy atom. The van der Waals surface area contributed by atoms with Gasteiger partial charge in [-0.05, 0) is 29.7 Å². The fourth-order valence-corrected chi connectivity index (χ4v) is 1.44. The number of hydrogen-bond donors (Lipinski definition) is 0. The Labute approximate surface area is 81.9 Å². The lowest BCUT2D eigenvalue weighted by Crippen LogP contribution is -1.90. The van der Waals surface area contributed by atoms with Crippen molar-refractivity contribution in [3.05, 3.63) is 34.2 Å². The Balaban J connectivity index is 3.06. The number of ether oxygens (including phenoxy) is 1. The summed E-state index contributed by atoms with van der Waals surface area (Å²) in [5.74, 6) is 2.18. The molecule has 0 aliphatic heterocycles. The van der Waals surface area contributed by atoms with E-state index in [9.17, 15) is 0 Å². The molecule has 1 aromatic rings. The second kappa shape index (κ2) is 3.94. The highest BCUT2D eigenvalue weighted by atomic mass is 79.9. The van der Waals surface area contributed by atoms with Gasteiger partial charge in [0, 0.05) is 4.47 Å². The van der Waals surface area contributed by atoms with Crippen molar-refractivity contribution in [3.8, 4) is 5.75 Å². The summed E-state index contributed by atoms with van der Waals surface area (Å²) >= 11 is 3.43. The molecule has 12 heavy (non-hydrogen) atoms. The van der Waals surface area contributed by atoms with Crippen LogP contribution in [0.15, 0.2) is 22.7 Å². The van der Waals surface area contributed by atoms with E-state index in [1.165, 1.54) is 11.5 Å². The van der Waals surface area contributed by atoms with Crippen molar-refractivity contribution < 1.29 is 4.74 Å². The second-order valence-electron chi connectivity index (χ2n) is 2.88. The number of rotatable bonds is 2. The number of benzene rings is 1. The summed E-state index contributed by atoms with van der Waals surface area (Å²) in [4.78, 5) is 0. The predicted molar refractivity (Wildman–Crippen MR) is 54.4 cm³/mol. The molecule has 0 spiro atoms. The SMILES string of the molecule is COc1cc(Br)cc([C](C)C)c1. The zero-order chi connectivity index (χ0) is 9.14. The molecule has 0 atom stereocenters. The number of hydrogen-bond acceptors (Lipinski definition) is 1. The second-order valence-corrected chi connectivity index (χ2v) is 3.80. The van der Waals surface area contributed by atoms with Crippen LogP contribution in [-0.2, 0) is 0 Å². The normalized spacial score (nSPS) is 10.4. The third-order valence-corrected chi connectivity index (χ3v) is 2.14. The van der Waals surface area contributed by atoms with Crippen LogP contribution in [0.1, 0.15) is 19.4 Å². The van der Waals surface area contributed by atoms with Gasteiger partial charge in [-0.25, -0.2) is 0 Å². The van der Waals surface area contributed by atoms with Gasteiger partial charge >= 0.3 is 0 Å². The Hall–Kier alpha value is -0.500. The third kappa shape index (κ3) is 2.24. The van der Waals surface area contributed by atoms with Gasteiger partial charge in [0.25, 0.3) is 0 Å². The standard InChI is InChI=1S/C10H12BrO/c1-7(2)8-4-9(11)6-10(5-8)12-3/h4-6H,1-3H3. The molecular formula is C10H12BrO. The molecule has 0 unspecified atom stereocenters. The predicted octanol–water partition coefficient (Wildman–Crippen LogP) is 3.42. The maximum atomic E-state index is 5.14. The van der Waals surface area contributed by atoms with Crippen LogP contribution in [0.5, 0.6) is 5.75 Å². The molecule has 1 rings (SSSR count). The maximum absolute atomic E-state index is 5.14. The zero-order valence-corrected chi connectivity index (χ0v) is 9.10. The molecule has 1 aromatic carbocycles. The molecule has 65 valence electrons. The molecular weight excluding hydrogens is 216 g/mol. The third-order valence-electron chi connectivity index (χ3n) is 1.68. The molecule has 2 heteroatoms. The molecule has 0 aliphatic rings. The first kappa shape index (κ1) is 9.59. The first-order valence-electron chi connectivity index (χ1n) is 3.78. The van der Waals surface area contributed by atoms with Crippen molar-refractivity contribution in [2.75, 3.05) is 7.11 Å². The van der Waals surface area contributed by atoms with Crippen molar-refractivity contribution in [1.82, 2.24) is 0 Å². The van der Waals surface area contributed by atoms with Crippen molar-refractivity contribution in [2.24, 2.45) is 0 Å². The van der Waals surface area contributed by atoms with E-state index in [4.69, 9.17) is 4.74 Å². The molecule has 1 nitrogen and oxygen atoms in total. The van der Waals surface area contributed by atoms with Crippen LogP contribution in [0.2, 0.25) is 0 Å². The molecule has 0 N–H and O–H groups in total. The van der Waals surface area contributed by atoms with E-state index in [1.54, 1.807) is 7.11 Å². The Bertz CT molecular complexity index is 269. The zero-order valence-electron chi connectivity index (χ0n) is 7.52. The van der Waals surface area contributed by atoms with E-state index in [-0.39, 0.29) is 0 Å². The molecule has 1 radical (unpaired) electrons. The van der Waals surface area contributed by atoms with Gasteiger partial charge in [-0.1, -0.05) is 29.8 Å². The van der Waals surface area contributed by atoms with Gasteiger partial charge in [-0.2, -0.15) is 0 Å². The first-order chi connectivity index (χ1) is 5.63. The van der Waals surface area contributed by atoms with Crippen LogP contribution in [0, 0.1) is 5.92 Å². The molecule has 0 aliphatic carbocycles. The quantitative estimate of drug-likeness (QED) is 0.753. The number of halogens is 1. The Kier molecular flexibility index (Phi) is 3.15. The Morgan fingerprint density at radius 2 is 1.92 bits per heavy atom. The summed E-state index contributed by atoms with van der Waals surface area (Å²) in [6.45, 7) is 4.17. The average Bonchev–Trinajstić information content (AvgIpc) is 2.03. The van der Waals surface area contributed by atoms with Gasteiger partial charge in [-0.3, -0.25) is 0 Å². The largest absolute Gasteiger partial charge is 0.497 e. The van der Waals surface area contributed by atoms with E-state index in [2.05, 4.69) is 35.8 Å². The highest BCUT2D eigenvalue weighted by molar-refractivity contribution is 9.10. The van der Waals surface area contributed by atoms with Crippen LogP contribution < -0.4 is 4.74 Å². The lowest BCUT2D eigenvalue weighted by molar-refractivity contribution is 0.414. The minimum Gasteiger partial charge on any atom is -0.497 e. The topological polar surface area (TPSA) is 9.23 Å². The smallest absolute Gasteiger partial charge is 0.120 e. The summed E-state index contributed by atoms with van der Waals surface area (Å²) in [6.07, 6.45) is 0. The average molecular weight is 228 g/mol. The molecule has 0 heterocycles. The van der Waals surface area contributed by atoms with Gasteiger partial charge in [0.1, 0.15) is 5.75 Å². The maximum Gasteiger partial charge on any atom is 0.120 e. The summed E-state index contributed by atoms with van der Waals surface area (Å²) in [7, 11) is 1.68. The van der Waals surface area contributed by atoms with Crippen LogP contribution in [-0.4, -0.2) is 7.11 Å². The lowest BCUT2D eigenvalue weighted by Gasteiger charge is -2.07.